The molecule has 0 atom stereocenters. The molecule has 0 radical (unpaired) electrons. The topological polar surface area (TPSA) is 26.3 Å². The van der Waals surface area contributed by atoms with Gasteiger partial charge in [-0.15, -0.1) is 0 Å². The van der Waals surface area contributed by atoms with Crippen molar-refractivity contribution in [2.75, 3.05) is 0 Å². The second-order valence-corrected chi connectivity index (χ2v) is 4.40. The maximum absolute atomic E-state index is 13.8. The fourth-order valence-corrected chi connectivity index (χ4v) is 2.56. The third-order valence-corrected chi connectivity index (χ3v) is 3.36. The summed E-state index contributed by atoms with van der Waals surface area (Å²) in [5.41, 5.74) is 0.328. The molecule has 0 amide bonds. The lowest BCUT2D eigenvalue weighted by Crippen LogP contribution is -2.13. The van der Waals surface area contributed by atoms with Gasteiger partial charge in [0.1, 0.15) is 5.82 Å². The van der Waals surface area contributed by atoms with Crippen LogP contribution in [-0.2, 0) is 4.94 Å². The lowest BCUT2D eigenvalue weighted by Gasteiger charge is -2.23. The Labute approximate surface area is 98.5 Å². The van der Waals surface area contributed by atoms with Gasteiger partial charge < -0.3 is 0 Å². The van der Waals surface area contributed by atoms with Crippen LogP contribution in [0.25, 0.3) is 0 Å². The first-order chi connectivity index (χ1) is 8.24. The minimum absolute atomic E-state index is 0.000880. The van der Waals surface area contributed by atoms with Crippen molar-refractivity contribution in [2.45, 2.75) is 38.0 Å². The Morgan fingerprint density at radius 3 is 2.59 bits per heavy atom. The zero-order valence-corrected chi connectivity index (χ0v) is 9.42. The van der Waals surface area contributed by atoms with Gasteiger partial charge in [0.05, 0.1) is 5.56 Å². The van der Waals surface area contributed by atoms with E-state index in [-0.39, 0.29) is 11.5 Å². The average molecular weight is 240 g/mol. The lowest BCUT2D eigenvalue weighted by molar-refractivity contribution is -0.0789. The smallest absolute Gasteiger partial charge is 0.249 e. The molecular formula is C13H14F2O2. The van der Waals surface area contributed by atoms with Crippen molar-refractivity contribution in [2.24, 2.45) is 0 Å². The van der Waals surface area contributed by atoms with Crippen LogP contribution in [0.15, 0.2) is 18.2 Å². The summed E-state index contributed by atoms with van der Waals surface area (Å²) in [6, 6.07) is 4.11. The third-order valence-electron chi connectivity index (χ3n) is 3.36. The summed E-state index contributed by atoms with van der Waals surface area (Å²) in [6.07, 6.45) is 4.85. The molecule has 1 aromatic rings. The molecule has 92 valence electrons. The molecule has 2 nitrogen and oxygen atoms in total. The van der Waals surface area contributed by atoms with Crippen molar-refractivity contribution < 1.29 is 18.7 Å². The second kappa shape index (κ2) is 5.25. The maximum atomic E-state index is 13.8. The lowest BCUT2D eigenvalue weighted by atomic mass is 9.82. The van der Waals surface area contributed by atoms with Crippen LogP contribution in [-0.4, -0.2) is 5.97 Å². The molecule has 0 aromatic heterocycles. The van der Waals surface area contributed by atoms with Crippen LogP contribution in [0.3, 0.4) is 0 Å². The van der Waals surface area contributed by atoms with Crippen LogP contribution >= 0.6 is 0 Å². The fourth-order valence-electron chi connectivity index (χ4n) is 2.56. The van der Waals surface area contributed by atoms with Crippen molar-refractivity contribution in [1.82, 2.24) is 0 Å². The Morgan fingerprint density at radius 2 is 1.94 bits per heavy atom. The molecule has 0 heterocycles. The quantitative estimate of drug-likeness (QED) is 0.783. The normalized spacial score (nSPS) is 16.8. The molecule has 17 heavy (non-hydrogen) atoms. The van der Waals surface area contributed by atoms with Gasteiger partial charge in [0, 0.05) is 10.1 Å². The molecule has 0 aliphatic heterocycles. The minimum Gasteiger partial charge on any atom is -0.249 e. The van der Waals surface area contributed by atoms with Gasteiger partial charge in [0.15, 0.2) is 0 Å². The van der Waals surface area contributed by atoms with Crippen LogP contribution in [0, 0.1) is 5.82 Å². The summed E-state index contributed by atoms with van der Waals surface area (Å²) in [6.45, 7) is 0. The highest BCUT2D eigenvalue weighted by Gasteiger charge is 2.25. The van der Waals surface area contributed by atoms with E-state index in [1.54, 1.807) is 0 Å². The molecule has 0 bridgehead atoms. The van der Waals surface area contributed by atoms with Gasteiger partial charge in [0.2, 0.25) is 0 Å². The van der Waals surface area contributed by atoms with Gasteiger partial charge in [-0.2, -0.15) is 0 Å². The van der Waals surface area contributed by atoms with E-state index in [9.17, 15) is 13.7 Å². The first-order valence-electron chi connectivity index (χ1n) is 5.85. The molecule has 0 saturated heterocycles. The molecule has 1 aromatic carbocycles. The van der Waals surface area contributed by atoms with Crippen molar-refractivity contribution >= 4 is 5.97 Å². The predicted molar refractivity (Wildman–Crippen MR) is 58.7 cm³/mol. The molecule has 1 fully saturated rings. The largest absolute Gasteiger partial charge is 0.379 e. The number of rotatable bonds is 2. The average Bonchev–Trinajstić information content (AvgIpc) is 2.38. The van der Waals surface area contributed by atoms with E-state index < -0.39 is 11.8 Å². The first-order valence-corrected chi connectivity index (χ1v) is 5.85. The van der Waals surface area contributed by atoms with E-state index in [0.29, 0.717) is 5.56 Å². The number of hydrogen-bond donors (Lipinski definition) is 0. The first kappa shape index (κ1) is 12.0. The monoisotopic (exact) mass is 240 g/mol. The molecule has 0 unspecified atom stereocenters. The second-order valence-electron chi connectivity index (χ2n) is 4.40. The molecular weight excluding hydrogens is 226 g/mol. The third kappa shape index (κ3) is 2.46. The summed E-state index contributed by atoms with van der Waals surface area (Å²) in [7, 11) is 0. The predicted octanol–water partition coefficient (Wildman–Crippen LogP) is 3.91. The van der Waals surface area contributed by atoms with Crippen LogP contribution in [0.4, 0.5) is 8.92 Å². The number of halogens is 2. The zero-order chi connectivity index (χ0) is 12.3. The summed E-state index contributed by atoms with van der Waals surface area (Å²) >= 11 is 0. The molecule has 1 aliphatic carbocycles. The maximum Gasteiger partial charge on any atom is 0.379 e. The van der Waals surface area contributed by atoms with E-state index in [1.807, 2.05) is 0 Å². The molecule has 4 heteroatoms. The van der Waals surface area contributed by atoms with E-state index in [4.69, 9.17) is 0 Å². The van der Waals surface area contributed by atoms with E-state index in [0.717, 1.165) is 32.1 Å². The summed E-state index contributed by atoms with van der Waals surface area (Å²) in [5, 5.41) is 0. The SMILES string of the molecule is O=C(OF)c1cccc(F)c1C1CCCCC1. The standard InChI is InChI=1S/C13H14F2O2/c14-11-8-4-7-10(13(16)17-15)12(11)9-5-2-1-3-6-9/h4,7-9H,1-3,5-6H2. The summed E-state index contributed by atoms with van der Waals surface area (Å²) in [5.74, 6) is -1.55. The van der Waals surface area contributed by atoms with Gasteiger partial charge in [0.25, 0.3) is 0 Å². The number of benzene rings is 1. The highest BCUT2D eigenvalue weighted by molar-refractivity contribution is 5.91. The molecule has 0 spiro atoms. The van der Waals surface area contributed by atoms with Gasteiger partial charge in [-0.3, -0.25) is 0 Å². The fraction of sp³-hybridized carbons (Fsp3) is 0.462. The number of hydrogen-bond acceptors (Lipinski definition) is 2. The summed E-state index contributed by atoms with van der Waals surface area (Å²) in [4.78, 5) is 14.5. The molecule has 1 aliphatic rings. The van der Waals surface area contributed by atoms with Gasteiger partial charge >= 0.3 is 5.97 Å². The highest BCUT2D eigenvalue weighted by Crippen LogP contribution is 2.36. The van der Waals surface area contributed by atoms with Gasteiger partial charge in [-0.25, -0.2) is 14.1 Å². The molecule has 1 saturated carbocycles. The molecule has 0 N–H and O–H groups in total. The Balaban J connectivity index is 2.39. The Hall–Kier alpha value is -1.45. The Kier molecular flexibility index (Phi) is 3.71. The summed E-state index contributed by atoms with van der Waals surface area (Å²) < 4.78 is 25.8. The van der Waals surface area contributed by atoms with Crippen molar-refractivity contribution in [1.29, 1.82) is 0 Å². The van der Waals surface area contributed by atoms with Crippen molar-refractivity contribution in [3.63, 3.8) is 0 Å². The van der Waals surface area contributed by atoms with Gasteiger partial charge in [-0.1, -0.05) is 25.3 Å². The van der Waals surface area contributed by atoms with Crippen LogP contribution in [0.2, 0.25) is 0 Å². The van der Waals surface area contributed by atoms with E-state index in [2.05, 4.69) is 4.94 Å². The number of carbonyl (C=O) groups is 1. The van der Waals surface area contributed by atoms with Crippen LogP contribution in [0.5, 0.6) is 0 Å². The Bertz CT molecular complexity index is 412. The van der Waals surface area contributed by atoms with Crippen LogP contribution in [0.1, 0.15) is 53.9 Å². The molecule has 2 rings (SSSR count). The Morgan fingerprint density at radius 1 is 1.24 bits per heavy atom. The van der Waals surface area contributed by atoms with Crippen molar-refractivity contribution in [3.05, 3.63) is 35.1 Å². The highest BCUT2D eigenvalue weighted by atomic mass is 19.3. The van der Waals surface area contributed by atoms with Crippen LogP contribution < -0.4 is 0 Å². The minimum atomic E-state index is -1.11. The zero-order valence-electron chi connectivity index (χ0n) is 9.42. The van der Waals surface area contributed by atoms with E-state index >= 15 is 0 Å². The van der Waals surface area contributed by atoms with E-state index in [1.165, 1.54) is 18.2 Å². The number of carbonyl (C=O) groups excluding carboxylic acids is 1. The van der Waals surface area contributed by atoms with Gasteiger partial charge in [-0.05, 0) is 30.9 Å². The van der Waals surface area contributed by atoms with Crippen molar-refractivity contribution in [3.8, 4) is 0 Å².